The highest BCUT2D eigenvalue weighted by molar-refractivity contribution is 6.13. The zero-order valence-corrected chi connectivity index (χ0v) is 17.9. The maximum atomic E-state index is 13.0. The largest absolute Gasteiger partial charge is 0.369 e. The number of hydrogen-bond donors (Lipinski definition) is 0. The number of halogens is 1. The lowest BCUT2D eigenvalue weighted by molar-refractivity contribution is -0.385. The van der Waals surface area contributed by atoms with E-state index < -0.39 is 4.92 Å². The second-order valence-electron chi connectivity index (χ2n) is 7.58. The highest BCUT2D eigenvalue weighted by atomic mass is 35.5. The number of hydrogen-bond acceptors (Lipinski definition) is 5. The van der Waals surface area contributed by atoms with Gasteiger partial charge in [0.05, 0.1) is 10.5 Å². The summed E-state index contributed by atoms with van der Waals surface area (Å²) in [6, 6.07) is 12.7. The zero-order chi connectivity index (χ0) is 20.4. The van der Waals surface area contributed by atoms with E-state index in [9.17, 15) is 14.9 Å². The average molecular weight is 428 g/mol. The Morgan fingerprint density at radius 1 is 1.07 bits per heavy atom. The van der Waals surface area contributed by atoms with E-state index in [1.165, 1.54) is 11.8 Å². The molecule has 0 aromatic heterocycles. The Kier molecular flexibility index (Phi) is 6.90. The molecule has 2 aromatic rings. The first-order chi connectivity index (χ1) is 14.1. The summed E-state index contributed by atoms with van der Waals surface area (Å²) < 4.78 is 0. The molecular weight excluding hydrogens is 402 g/mol. The van der Waals surface area contributed by atoms with E-state index in [2.05, 4.69) is 22.8 Å². The van der Waals surface area contributed by atoms with Gasteiger partial charge in [-0.2, -0.15) is 0 Å². The molecule has 1 fully saturated rings. The molecule has 1 aliphatic carbocycles. The molecule has 0 unspecified atom stereocenters. The number of nitrogens with zero attached hydrogens (tertiary/aromatic N) is 3. The lowest BCUT2D eigenvalue weighted by Crippen LogP contribution is -2.46. The molecule has 1 aliphatic heterocycles. The average Bonchev–Trinajstić information content (AvgIpc) is 2.76. The second-order valence-corrected chi connectivity index (χ2v) is 7.58. The minimum absolute atomic E-state index is 0. The van der Waals surface area contributed by atoms with Gasteiger partial charge in [-0.3, -0.25) is 14.9 Å². The topological polar surface area (TPSA) is 66.7 Å². The number of piperazine rings is 1. The minimum Gasteiger partial charge on any atom is -0.369 e. The Bertz CT molecular complexity index is 981. The van der Waals surface area contributed by atoms with Gasteiger partial charge in [0.1, 0.15) is 0 Å². The van der Waals surface area contributed by atoms with Crippen molar-refractivity contribution in [1.82, 2.24) is 4.90 Å². The molecule has 0 amide bonds. The SMILES string of the molecule is CCN1CCN(c2ccc3c(c2)CC/C(=C\c2ccccc2[N+](=O)[O-])C3=O)CC1.Cl. The first-order valence-corrected chi connectivity index (χ1v) is 10.2. The molecule has 0 atom stereocenters. The van der Waals surface area contributed by atoms with Gasteiger partial charge >= 0.3 is 0 Å². The minimum atomic E-state index is -0.405. The third-order valence-corrected chi connectivity index (χ3v) is 5.94. The molecule has 158 valence electrons. The molecule has 0 N–H and O–H groups in total. The van der Waals surface area contributed by atoms with E-state index >= 15 is 0 Å². The van der Waals surface area contributed by atoms with Gasteiger partial charge in [-0.25, -0.2) is 0 Å². The monoisotopic (exact) mass is 427 g/mol. The first kappa shape index (κ1) is 22.0. The van der Waals surface area contributed by atoms with Gasteiger partial charge in [0.25, 0.3) is 5.69 Å². The Morgan fingerprint density at radius 2 is 1.80 bits per heavy atom. The molecule has 4 rings (SSSR count). The quantitative estimate of drug-likeness (QED) is 0.411. The van der Waals surface area contributed by atoms with Crippen LogP contribution in [-0.2, 0) is 6.42 Å². The van der Waals surface area contributed by atoms with Crippen molar-refractivity contribution in [3.05, 3.63) is 74.8 Å². The lowest BCUT2D eigenvalue weighted by atomic mass is 9.85. The summed E-state index contributed by atoms with van der Waals surface area (Å²) in [5.74, 6) is -0.0215. The summed E-state index contributed by atoms with van der Waals surface area (Å²) in [6.45, 7) is 7.41. The van der Waals surface area contributed by atoms with E-state index in [0.717, 1.165) is 50.3 Å². The summed E-state index contributed by atoms with van der Waals surface area (Å²) >= 11 is 0. The van der Waals surface area contributed by atoms with E-state index in [1.807, 2.05) is 12.1 Å². The third kappa shape index (κ3) is 4.40. The number of nitro groups is 1. The number of allylic oxidation sites excluding steroid dienone is 1. The number of likely N-dealkylation sites (N-methyl/N-ethyl adjacent to an activating group) is 1. The maximum absolute atomic E-state index is 13.0. The van der Waals surface area contributed by atoms with Crippen molar-refractivity contribution in [3.8, 4) is 0 Å². The fraction of sp³-hybridized carbons (Fsp3) is 0.348. The highest BCUT2D eigenvalue weighted by Crippen LogP contribution is 2.31. The number of benzene rings is 2. The van der Waals surface area contributed by atoms with Gasteiger partial charge in [0.15, 0.2) is 5.78 Å². The van der Waals surface area contributed by atoms with Gasteiger partial charge in [-0.05, 0) is 55.3 Å². The van der Waals surface area contributed by atoms with E-state index in [4.69, 9.17) is 0 Å². The lowest BCUT2D eigenvalue weighted by Gasteiger charge is -2.36. The number of para-hydroxylation sites is 1. The maximum Gasteiger partial charge on any atom is 0.276 e. The van der Waals surface area contributed by atoms with Crippen LogP contribution in [0, 0.1) is 10.1 Å². The summed E-state index contributed by atoms with van der Waals surface area (Å²) in [4.78, 5) is 28.7. The molecule has 0 radical (unpaired) electrons. The molecule has 1 heterocycles. The van der Waals surface area contributed by atoms with Crippen LogP contribution in [0.4, 0.5) is 11.4 Å². The second kappa shape index (κ2) is 9.41. The highest BCUT2D eigenvalue weighted by Gasteiger charge is 2.24. The standard InChI is InChI=1S/C23H25N3O3.ClH/c1-2-24-11-13-25(14-12-24)20-9-10-21-17(16-20)7-8-19(23(21)27)15-18-5-3-4-6-22(18)26(28)29;/h3-6,9-10,15-16H,2,7-8,11-14H2,1H3;1H/b19-15+;. The van der Waals surface area contributed by atoms with Gasteiger partial charge in [-0.1, -0.05) is 19.1 Å². The predicted octanol–water partition coefficient (Wildman–Crippen LogP) is 4.37. The number of nitro benzene ring substituents is 1. The Hall–Kier alpha value is -2.70. The summed E-state index contributed by atoms with van der Waals surface area (Å²) in [5.41, 5.74) is 4.12. The van der Waals surface area contributed by atoms with Crippen LogP contribution in [0.1, 0.15) is 34.8 Å². The molecule has 6 nitrogen and oxygen atoms in total. The fourth-order valence-electron chi connectivity index (χ4n) is 4.18. The van der Waals surface area contributed by atoms with Crippen LogP contribution in [0.15, 0.2) is 48.0 Å². The number of carbonyl (C=O) groups is 1. The van der Waals surface area contributed by atoms with Crippen molar-refractivity contribution in [2.45, 2.75) is 19.8 Å². The summed E-state index contributed by atoms with van der Waals surface area (Å²) in [5, 5.41) is 11.3. The molecule has 2 aliphatic rings. The third-order valence-electron chi connectivity index (χ3n) is 5.94. The van der Waals surface area contributed by atoms with Crippen LogP contribution in [0.3, 0.4) is 0 Å². The van der Waals surface area contributed by atoms with Crippen LogP contribution in [0.2, 0.25) is 0 Å². The Morgan fingerprint density at radius 3 is 2.50 bits per heavy atom. The van der Waals surface area contributed by atoms with Crippen molar-refractivity contribution >= 4 is 35.6 Å². The van der Waals surface area contributed by atoms with Crippen molar-refractivity contribution in [2.75, 3.05) is 37.6 Å². The first-order valence-electron chi connectivity index (χ1n) is 10.2. The van der Waals surface area contributed by atoms with Crippen molar-refractivity contribution in [1.29, 1.82) is 0 Å². The Labute approximate surface area is 182 Å². The summed E-state index contributed by atoms with van der Waals surface area (Å²) in [7, 11) is 0. The fourth-order valence-corrected chi connectivity index (χ4v) is 4.18. The number of ketones is 1. The van der Waals surface area contributed by atoms with E-state index in [0.29, 0.717) is 17.6 Å². The van der Waals surface area contributed by atoms with Crippen LogP contribution in [0.25, 0.3) is 6.08 Å². The molecule has 30 heavy (non-hydrogen) atoms. The molecule has 2 aromatic carbocycles. The zero-order valence-electron chi connectivity index (χ0n) is 17.0. The number of aryl methyl sites for hydroxylation is 1. The number of carbonyl (C=O) groups excluding carboxylic acids is 1. The molecular formula is C23H26ClN3O3. The Balaban J connectivity index is 0.00000256. The molecule has 0 bridgehead atoms. The normalized spacial score (nSPS) is 18.1. The predicted molar refractivity (Wildman–Crippen MR) is 122 cm³/mol. The van der Waals surface area contributed by atoms with E-state index in [1.54, 1.807) is 24.3 Å². The van der Waals surface area contributed by atoms with Gasteiger partial charge in [0, 0.05) is 49.1 Å². The molecule has 0 spiro atoms. The van der Waals surface area contributed by atoms with Crippen LogP contribution in [-0.4, -0.2) is 48.3 Å². The molecule has 0 saturated carbocycles. The van der Waals surface area contributed by atoms with Crippen LogP contribution < -0.4 is 4.90 Å². The molecule has 7 heteroatoms. The van der Waals surface area contributed by atoms with Crippen molar-refractivity contribution < 1.29 is 9.72 Å². The van der Waals surface area contributed by atoms with Crippen molar-refractivity contribution in [3.63, 3.8) is 0 Å². The number of rotatable bonds is 4. The summed E-state index contributed by atoms with van der Waals surface area (Å²) in [6.07, 6.45) is 3.06. The number of anilines is 1. The van der Waals surface area contributed by atoms with Gasteiger partial charge in [-0.15, -0.1) is 12.4 Å². The van der Waals surface area contributed by atoms with Gasteiger partial charge in [0.2, 0.25) is 0 Å². The smallest absolute Gasteiger partial charge is 0.276 e. The number of Topliss-reactive ketones (excluding diaryl/α,β-unsaturated/α-hetero) is 1. The number of fused-ring (bicyclic) bond motifs is 1. The van der Waals surface area contributed by atoms with E-state index in [-0.39, 0.29) is 23.9 Å². The van der Waals surface area contributed by atoms with Crippen LogP contribution in [0.5, 0.6) is 0 Å². The van der Waals surface area contributed by atoms with Gasteiger partial charge < -0.3 is 9.80 Å². The molecule has 1 saturated heterocycles. The van der Waals surface area contributed by atoms with Crippen molar-refractivity contribution in [2.24, 2.45) is 0 Å². The van der Waals surface area contributed by atoms with Crippen LogP contribution >= 0.6 is 12.4 Å².